The van der Waals surface area contributed by atoms with Crippen LogP contribution in [0.15, 0.2) is 48.7 Å². The second-order valence-electron chi connectivity index (χ2n) is 9.48. The third-order valence-corrected chi connectivity index (χ3v) is 7.23. The summed E-state index contributed by atoms with van der Waals surface area (Å²) in [6.07, 6.45) is 2.16. The van der Waals surface area contributed by atoms with Crippen molar-refractivity contribution in [2.24, 2.45) is 0 Å². The molecule has 0 amide bonds. The third kappa shape index (κ3) is 4.79. The van der Waals surface area contributed by atoms with Crippen molar-refractivity contribution in [1.82, 2.24) is 19.4 Å². The van der Waals surface area contributed by atoms with Crippen molar-refractivity contribution in [1.29, 1.82) is 0 Å². The molecule has 0 bridgehead atoms. The Morgan fingerprint density at radius 2 is 1.71 bits per heavy atom. The zero-order chi connectivity index (χ0) is 23.6. The molecule has 2 aromatic carbocycles. The molecule has 8 nitrogen and oxygen atoms in total. The summed E-state index contributed by atoms with van der Waals surface area (Å²) < 4.78 is 13.8. The van der Waals surface area contributed by atoms with Crippen molar-refractivity contribution >= 4 is 5.69 Å². The van der Waals surface area contributed by atoms with E-state index in [9.17, 15) is 5.11 Å². The molecule has 3 aliphatic rings. The van der Waals surface area contributed by atoms with Crippen LogP contribution in [0.3, 0.4) is 0 Å². The van der Waals surface area contributed by atoms with Gasteiger partial charge in [-0.15, -0.1) is 0 Å². The summed E-state index contributed by atoms with van der Waals surface area (Å²) in [5, 5.41) is 9.19. The van der Waals surface area contributed by atoms with Crippen LogP contribution in [0.2, 0.25) is 0 Å². The van der Waals surface area contributed by atoms with E-state index in [2.05, 4.69) is 67.9 Å². The number of morpholine rings is 1. The van der Waals surface area contributed by atoms with Crippen molar-refractivity contribution in [2.75, 3.05) is 70.5 Å². The van der Waals surface area contributed by atoms with Gasteiger partial charge in [0.15, 0.2) is 5.82 Å². The largest absolute Gasteiger partial charge is 0.483 e. The quantitative estimate of drug-likeness (QED) is 0.587. The molecule has 0 aliphatic carbocycles. The zero-order valence-electron chi connectivity index (χ0n) is 20.1. The number of hydrogen-bond donors (Lipinski definition) is 1. The number of nitrogens with zero attached hydrogens (tertiary/aromatic N) is 5. The van der Waals surface area contributed by atoms with Crippen LogP contribution in [0, 0.1) is 0 Å². The number of rotatable bonds is 6. The van der Waals surface area contributed by atoms with Crippen molar-refractivity contribution in [3.05, 3.63) is 60.2 Å². The molecule has 0 spiro atoms. The Labute approximate surface area is 206 Å². The molecule has 2 saturated heterocycles. The first-order valence-corrected chi connectivity index (χ1v) is 12.6. The Morgan fingerprint density at radius 1 is 0.886 bits per heavy atom. The molecule has 3 aliphatic heterocycles. The first-order chi connectivity index (χ1) is 17.3. The molecule has 1 aromatic heterocycles. The lowest BCUT2D eigenvalue weighted by atomic mass is 10.0. The van der Waals surface area contributed by atoms with E-state index in [1.54, 1.807) is 0 Å². The van der Waals surface area contributed by atoms with Crippen LogP contribution in [0.25, 0.3) is 16.8 Å². The first-order valence-electron chi connectivity index (χ1n) is 12.6. The molecule has 8 heteroatoms. The molecule has 6 rings (SSSR count). The number of β-amino-alcohol motifs (C(OH)–C–C–N with tert-alkyl or cyclic N) is 1. The molecule has 0 unspecified atom stereocenters. The predicted molar refractivity (Wildman–Crippen MR) is 135 cm³/mol. The highest BCUT2D eigenvalue weighted by Crippen LogP contribution is 2.35. The molecular weight excluding hydrogens is 442 g/mol. The highest BCUT2D eigenvalue weighted by Gasteiger charge is 2.22. The SMILES string of the molecule is OCCN1CCN(c2cccc(-c3ccc4c(c3)OCc3nc(CN5CCOCC5)cn3-4)c2)CC1. The van der Waals surface area contributed by atoms with Gasteiger partial charge in [0.1, 0.15) is 12.4 Å². The van der Waals surface area contributed by atoms with Gasteiger partial charge in [0.05, 0.1) is 31.2 Å². The van der Waals surface area contributed by atoms with Crippen LogP contribution >= 0.6 is 0 Å². The fourth-order valence-corrected chi connectivity index (χ4v) is 5.25. The number of aliphatic hydroxyl groups excluding tert-OH is 1. The van der Waals surface area contributed by atoms with Crippen LogP contribution in [0.5, 0.6) is 5.75 Å². The Morgan fingerprint density at radius 3 is 2.54 bits per heavy atom. The topological polar surface area (TPSA) is 66.2 Å². The standard InChI is InChI=1S/C27H33N5O3/c33-13-10-29-6-8-31(9-7-29)24-3-1-2-21(16-24)22-4-5-25-26(17-22)35-20-27-28-23(19-32(25)27)18-30-11-14-34-15-12-30/h1-5,16-17,19,33H,6-15,18,20H2. The molecule has 35 heavy (non-hydrogen) atoms. The Balaban J connectivity index is 1.20. The molecule has 0 atom stereocenters. The van der Waals surface area contributed by atoms with Gasteiger partial charge in [0, 0.05) is 64.2 Å². The number of aliphatic hydroxyl groups is 1. The lowest BCUT2D eigenvalue weighted by molar-refractivity contribution is 0.0337. The maximum Gasteiger partial charge on any atom is 0.151 e. The minimum atomic E-state index is 0.228. The van der Waals surface area contributed by atoms with Crippen LogP contribution < -0.4 is 9.64 Å². The molecule has 1 N–H and O–H groups in total. The van der Waals surface area contributed by atoms with Crippen molar-refractivity contribution in [3.8, 4) is 22.6 Å². The van der Waals surface area contributed by atoms with Crippen LogP contribution in [-0.4, -0.2) is 90.1 Å². The summed E-state index contributed by atoms with van der Waals surface area (Å²) in [7, 11) is 0. The first kappa shape index (κ1) is 22.5. The van der Waals surface area contributed by atoms with E-state index in [1.165, 1.54) is 11.3 Å². The number of aromatic nitrogens is 2. The fourth-order valence-electron chi connectivity index (χ4n) is 5.25. The molecule has 0 radical (unpaired) electrons. The zero-order valence-corrected chi connectivity index (χ0v) is 20.1. The van der Waals surface area contributed by atoms with Gasteiger partial charge in [-0.2, -0.15) is 0 Å². The monoisotopic (exact) mass is 475 g/mol. The van der Waals surface area contributed by atoms with Crippen LogP contribution in [0.1, 0.15) is 11.5 Å². The van der Waals surface area contributed by atoms with Gasteiger partial charge in [-0.25, -0.2) is 4.98 Å². The normalized spacial score (nSPS) is 18.7. The van der Waals surface area contributed by atoms with E-state index >= 15 is 0 Å². The molecule has 2 fully saturated rings. The van der Waals surface area contributed by atoms with E-state index in [4.69, 9.17) is 14.5 Å². The number of anilines is 1. The third-order valence-electron chi connectivity index (χ3n) is 7.23. The van der Waals surface area contributed by atoms with Crippen molar-refractivity contribution in [3.63, 3.8) is 0 Å². The van der Waals surface area contributed by atoms with Gasteiger partial charge in [0.25, 0.3) is 0 Å². The van der Waals surface area contributed by atoms with Crippen molar-refractivity contribution < 1.29 is 14.6 Å². The van der Waals surface area contributed by atoms with Gasteiger partial charge in [-0.1, -0.05) is 18.2 Å². The van der Waals surface area contributed by atoms with E-state index in [0.29, 0.717) is 6.61 Å². The number of fused-ring (bicyclic) bond motifs is 3. The second-order valence-corrected chi connectivity index (χ2v) is 9.48. The van der Waals surface area contributed by atoms with Gasteiger partial charge >= 0.3 is 0 Å². The van der Waals surface area contributed by atoms with Crippen LogP contribution in [-0.2, 0) is 17.9 Å². The average Bonchev–Trinajstić information content (AvgIpc) is 3.32. The summed E-state index contributed by atoms with van der Waals surface area (Å²) in [5.74, 6) is 1.85. The summed E-state index contributed by atoms with van der Waals surface area (Å²) in [6, 6.07) is 15.2. The minimum absolute atomic E-state index is 0.228. The van der Waals surface area contributed by atoms with E-state index in [0.717, 1.165) is 94.1 Å². The van der Waals surface area contributed by atoms with Crippen molar-refractivity contribution in [2.45, 2.75) is 13.2 Å². The maximum absolute atomic E-state index is 9.19. The highest BCUT2D eigenvalue weighted by atomic mass is 16.5. The Bertz CT molecular complexity index is 1170. The molecule has 0 saturated carbocycles. The van der Waals surface area contributed by atoms with E-state index in [1.807, 2.05) is 0 Å². The Kier molecular flexibility index (Phi) is 6.43. The minimum Gasteiger partial charge on any atom is -0.483 e. The van der Waals surface area contributed by atoms with Gasteiger partial charge in [-0.3, -0.25) is 14.4 Å². The number of piperazine rings is 1. The highest BCUT2D eigenvalue weighted by molar-refractivity contribution is 5.72. The van der Waals surface area contributed by atoms with Crippen LogP contribution in [0.4, 0.5) is 5.69 Å². The Hall–Kier alpha value is -2.91. The smallest absolute Gasteiger partial charge is 0.151 e. The fraction of sp³-hybridized carbons (Fsp3) is 0.444. The molecular formula is C27H33N5O3. The molecule has 184 valence electrons. The lowest BCUT2D eigenvalue weighted by Crippen LogP contribution is -2.47. The maximum atomic E-state index is 9.19. The second kappa shape index (κ2) is 9.99. The number of imidazole rings is 1. The van der Waals surface area contributed by atoms with Gasteiger partial charge in [0.2, 0.25) is 0 Å². The number of hydrogen-bond acceptors (Lipinski definition) is 7. The predicted octanol–water partition coefficient (Wildman–Crippen LogP) is 2.38. The molecule has 4 heterocycles. The molecule has 3 aromatic rings. The van der Waals surface area contributed by atoms with Gasteiger partial charge < -0.3 is 19.5 Å². The van der Waals surface area contributed by atoms with E-state index < -0.39 is 0 Å². The summed E-state index contributed by atoms with van der Waals surface area (Å²) in [5.41, 5.74) is 5.72. The summed E-state index contributed by atoms with van der Waals surface area (Å²) in [4.78, 5) is 12.0. The van der Waals surface area contributed by atoms with E-state index in [-0.39, 0.29) is 6.61 Å². The average molecular weight is 476 g/mol. The number of ether oxygens (including phenoxy) is 2. The van der Waals surface area contributed by atoms with Gasteiger partial charge in [-0.05, 0) is 35.4 Å². The summed E-state index contributed by atoms with van der Waals surface area (Å²) >= 11 is 0. The summed E-state index contributed by atoms with van der Waals surface area (Å²) in [6.45, 7) is 9.74. The number of benzene rings is 2. The lowest BCUT2D eigenvalue weighted by Gasteiger charge is -2.36.